The van der Waals surface area contributed by atoms with Gasteiger partial charge in [-0.15, -0.1) is 0 Å². The maximum atomic E-state index is 10.7. The summed E-state index contributed by atoms with van der Waals surface area (Å²) in [7, 11) is 0. The third-order valence-corrected chi connectivity index (χ3v) is 3.38. The summed E-state index contributed by atoms with van der Waals surface area (Å²) in [6.45, 7) is 0.0869. The molecule has 116 valence electrons. The highest BCUT2D eigenvalue weighted by atomic mass is 35.5. The fourth-order valence-electron chi connectivity index (χ4n) is 1.94. The highest BCUT2D eigenvalue weighted by molar-refractivity contribution is 6.35. The van der Waals surface area contributed by atoms with E-state index >= 15 is 0 Å². The normalized spacial score (nSPS) is 10.5. The second-order valence-corrected chi connectivity index (χ2v) is 5.52. The van der Waals surface area contributed by atoms with Gasteiger partial charge in [0.05, 0.1) is 0 Å². The van der Waals surface area contributed by atoms with E-state index in [1.165, 1.54) is 0 Å². The molecule has 5 nitrogen and oxygen atoms in total. The number of hydrogen-bond donors (Lipinski definition) is 0. The lowest BCUT2D eigenvalue weighted by molar-refractivity contribution is 0.112. The number of aromatic nitrogens is 2. The minimum Gasteiger partial charge on any atom is -0.484 e. The Morgan fingerprint density at radius 1 is 1.13 bits per heavy atom. The Balaban J connectivity index is 1.73. The first kappa shape index (κ1) is 15.5. The quantitative estimate of drug-likeness (QED) is 0.638. The minimum atomic E-state index is 0.0869. The molecule has 7 heteroatoms. The summed E-state index contributed by atoms with van der Waals surface area (Å²) in [5, 5.41) is 4.85. The number of nitrogens with zero attached hydrogens (tertiary/aromatic N) is 2. The Labute approximate surface area is 141 Å². The van der Waals surface area contributed by atoms with Crippen LogP contribution in [0.25, 0.3) is 11.4 Å². The lowest BCUT2D eigenvalue weighted by Gasteiger charge is -2.02. The molecule has 3 rings (SSSR count). The van der Waals surface area contributed by atoms with Gasteiger partial charge in [0.1, 0.15) is 12.0 Å². The van der Waals surface area contributed by atoms with E-state index in [0.717, 1.165) is 6.29 Å². The van der Waals surface area contributed by atoms with Crippen LogP contribution in [0.1, 0.15) is 16.2 Å². The molecule has 0 saturated carbocycles. The second kappa shape index (κ2) is 6.81. The molecule has 2 aromatic carbocycles. The summed E-state index contributed by atoms with van der Waals surface area (Å²) in [6, 6.07) is 11.8. The smallest absolute Gasteiger partial charge is 0.264 e. The number of ether oxygens (including phenoxy) is 1. The van der Waals surface area contributed by atoms with Gasteiger partial charge in [-0.25, -0.2) is 0 Å². The predicted octanol–water partition coefficient (Wildman–Crippen LogP) is 4.43. The summed E-state index contributed by atoms with van der Waals surface area (Å²) in [6.07, 6.45) is 0.751. The van der Waals surface area contributed by atoms with Gasteiger partial charge < -0.3 is 9.26 Å². The molecule has 0 bridgehead atoms. The van der Waals surface area contributed by atoms with Gasteiger partial charge in [0.2, 0.25) is 5.82 Å². The standard InChI is InChI=1S/C16H10Cl2N2O3/c17-12-5-11(6-13(18)7-12)16-19-15(23-20-16)9-22-14-3-1-2-10(4-14)8-21/h1-8H,9H2. The zero-order valence-electron chi connectivity index (χ0n) is 11.7. The molecule has 0 radical (unpaired) electrons. The van der Waals surface area contributed by atoms with Crippen LogP contribution in [0, 0.1) is 0 Å². The van der Waals surface area contributed by atoms with Crippen molar-refractivity contribution in [2.75, 3.05) is 0 Å². The van der Waals surface area contributed by atoms with Crippen LogP contribution < -0.4 is 4.74 Å². The number of carbonyl (C=O) groups excluding carboxylic acids is 1. The van der Waals surface area contributed by atoms with Gasteiger partial charge in [-0.1, -0.05) is 40.5 Å². The Hall–Kier alpha value is -2.37. The van der Waals surface area contributed by atoms with Crippen molar-refractivity contribution in [2.24, 2.45) is 0 Å². The predicted molar refractivity (Wildman–Crippen MR) is 85.9 cm³/mol. The number of benzene rings is 2. The van der Waals surface area contributed by atoms with Gasteiger partial charge in [-0.2, -0.15) is 4.98 Å². The van der Waals surface area contributed by atoms with E-state index in [1.807, 2.05) is 0 Å². The van der Waals surface area contributed by atoms with Gasteiger partial charge in [0, 0.05) is 21.2 Å². The topological polar surface area (TPSA) is 65.2 Å². The van der Waals surface area contributed by atoms with Crippen LogP contribution in [0.2, 0.25) is 10.0 Å². The maximum Gasteiger partial charge on any atom is 0.264 e. The maximum absolute atomic E-state index is 10.7. The van der Waals surface area contributed by atoms with Crippen molar-refractivity contribution in [2.45, 2.75) is 6.61 Å². The lowest BCUT2D eigenvalue weighted by atomic mass is 10.2. The lowest BCUT2D eigenvalue weighted by Crippen LogP contribution is -1.96. The first-order chi connectivity index (χ1) is 11.1. The molecule has 0 saturated heterocycles. The minimum absolute atomic E-state index is 0.0869. The number of aldehydes is 1. The van der Waals surface area contributed by atoms with Gasteiger partial charge >= 0.3 is 0 Å². The number of halogens is 2. The summed E-state index contributed by atoms with van der Waals surface area (Å²) >= 11 is 11.9. The van der Waals surface area contributed by atoms with Crippen LogP contribution in [-0.2, 0) is 6.61 Å². The zero-order valence-corrected chi connectivity index (χ0v) is 13.2. The molecule has 23 heavy (non-hydrogen) atoms. The number of rotatable bonds is 5. The highest BCUT2D eigenvalue weighted by Gasteiger charge is 2.11. The third kappa shape index (κ3) is 3.88. The molecular formula is C16H10Cl2N2O3. The van der Waals surface area contributed by atoms with Gasteiger partial charge in [-0.05, 0) is 30.3 Å². The average molecular weight is 349 g/mol. The Bertz CT molecular complexity index is 829. The summed E-state index contributed by atoms with van der Waals surface area (Å²) in [4.78, 5) is 15.0. The first-order valence-corrected chi connectivity index (χ1v) is 7.37. The fourth-order valence-corrected chi connectivity index (χ4v) is 2.46. The largest absolute Gasteiger partial charge is 0.484 e. The molecule has 0 aliphatic carbocycles. The Kier molecular flexibility index (Phi) is 4.60. The van der Waals surface area contributed by atoms with E-state index in [4.69, 9.17) is 32.5 Å². The van der Waals surface area contributed by atoms with Crippen molar-refractivity contribution in [3.05, 3.63) is 64.0 Å². The summed E-state index contributed by atoms with van der Waals surface area (Å²) < 4.78 is 10.7. The third-order valence-electron chi connectivity index (χ3n) is 2.95. The second-order valence-electron chi connectivity index (χ2n) is 4.65. The molecule has 0 fully saturated rings. The summed E-state index contributed by atoms with van der Waals surface area (Å²) in [5.41, 5.74) is 1.18. The average Bonchev–Trinajstić information content (AvgIpc) is 3.01. The molecule has 0 atom stereocenters. The Morgan fingerprint density at radius 3 is 2.65 bits per heavy atom. The van der Waals surface area contributed by atoms with Gasteiger partial charge in [-0.3, -0.25) is 4.79 Å². The fraction of sp³-hybridized carbons (Fsp3) is 0.0625. The van der Waals surface area contributed by atoms with Crippen molar-refractivity contribution >= 4 is 29.5 Å². The van der Waals surface area contributed by atoms with E-state index in [2.05, 4.69) is 10.1 Å². The molecule has 1 heterocycles. The van der Waals surface area contributed by atoms with E-state index in [0.29, 0.717) is 38.6 Å². The van der Waals surface area contributed by atoms with Crippen LogP contribution in [0.4, 0.5) is 0 Å². The SMILES string of the molecule is O=Cc1cccc(OCc2nc(-c3cc(Cl)cc(Cl)c3)no2)c1. The monoisotopic (exact) mass is 348 g/mol. The molecule has 0 spiro atoms. The molecule has 0 N–H and O–H groups in total. The van der Waals surface area contributed by atoms with Crippen LogP contribution in [0.15, 0.2) is 47.0 Å². The van der Waals surface area contributed by atoms with Gasteiger partial charge in [0.15, 0.2) is 6.61 Å². The molecule has 0 unspecified atom stereocenters. The zero-order chi connectivity index (χ0) is 16.2. The van der Waals surface area contributed by atoms with Crippen molar-refractivity contribution in [3.8, 4) is 17.1 Å². The first-order valence-electron chi connectivity index (χ1n) is 6.61. The van der Waals surface area contributed by atoms with Crippen molar-refractivity contribution in [1.29, 1.82) is 0 Å². The van der Waals surface area contributed by atoms with E-state index in [9.17, 15) is 4.79 Å². The van der Waals surface area contributed by atoms with Crippen molar-refractivity contribution in [1.82, 2.24) is 10.1 Å². The van der Waals surface area contributed by atoms with Crippen LogP contribution >= 0.6 is 23.2 Å². The summed E-state index contributed by atoms with van der Waals surface area (Å²) in [5.74, 6) is 1.21. The van der Waals surface area contributed by atoms with Gasteiger partial charge in [0.25, 0.3) is 5.89 Å². The molecule has 0 aliphatic rings. The molecule has 0 aliphatic heterocycles. The van der Waals surface area contributed by atoms with Crippen molar-refractivity contribution in [3.63, 3.8) is 0 Å². The number of carbonyl (C=O) groups is 1. The van der Waals surface area contributed by atoms with E-state index in [-0.39, 0.29) is 6.61 Å². The number of hydrogen-bond acceptors (Lipinski definition) is 5. The molecule has 1 aromatic heterocycles. The molecule has 0 amide bonds. The van der Waals surface area contributed by atoms with E-state index in [1.54, 1.807) is 42.5 Å². The highest BCUT2D eigenvalue weighted by Crippen LogP contribution is 2.25. The van der Waals surface area contributed by atoms with E-state index < -0.39 is 0 Å². The molecule has 3 aromatic rings. The van der Waals surface area contributed by atoms with Crippen LogP contribution in [0.5, 0.6) is 5.75 Å². The Morgan fingerprint density at radius 2 is 1.91 bits per heavy atom. The van der Waals surface area contributed by atoms with Crippen LogP contribution in [0.3, 0.4) is 0 Å². The molecular weight excluding hydrogens is 339 g/mol. The van der Waals surface area contributed by atoms with Crippen molar-refractivity contribution < 1.29 is 14.1 Å². The van der Waals surface area contributed by atoms with Crippen LogP contribution in [-0.4, -0.2) is 16.4 Å².